The largest absolute Gasteiger partial charge is 0.352 e. The molecule has 1 aliphatic heterocycles. The minimum atomic E-state index is 0.275. The summed E-state index contributed by atoms with van der Waals surface area (Å²) in [5.74, 6) is 0.847. The van der Waals surface area contributed by atoms with Gasteiger partial charge in [-0.3, -0.25) is 0 Å². The molecule has 1 aliphatic rings. The quantitative estimate of drug-likeness (QED) is 0.608. The maximum atomic E-state index is 5.74. The molecule has 0 N–H and O–H groups in total. The Labute approximate surface area is 87.8 Å². The molecule has 0 unspecified atom stereocenters. The summed E-state index contributed by atoms with van der Waals surface area (Å²) in [6.45, 7) is 4.72. The number of aromatic nitrogens is 2. The topological polar surface area (TPSA) is 32.3 Å². The molecule has 2 rings (SSSR count). The lowest BCUT2D eigenvalue weighted by molar-refractivity contribution is 0.859. The second-order valence-electron chi connectivity index (χ2n) is 3.33. The Morgan fingerprint density at radius 1 is 1.50 bits per heavy atom. The highest BCUT2D eigenvalue weighted by atomic mass is 35.5. The van der Waals surface area contributed by atoms with Crippen LogP contribution in [0.3, 0.4) is 0 Å². The molecule has 0 amide bonds. The second-order valence-corrected chi connectivity index (χ2v) is 3.67. The summed E-state index contributed by atoms with van der Waals surface area (Å²) >= 11 is 5.74. The molecule has 0 fully saturated rings. The van der Waals surface area contributed by atoms with Gasteiger partial charge in [0, 0.05) is 19.8 Å². The predicted octanol–water partition coefficient (Wildman–Crippen LogP) is 1.53. The fourth-order valence-electron chi connectivity index (χ4n) is 1.49. The molecule has 0 aliphatic carbocycles. The van der Waals surface area contributed by atoms with Gasteiger partial charge in [-0.15, -0.1) is 0 Å². The Hall–Kier alpha value is -1.29. The normalized spacial score (nSPS) is 15.8. The second kappa shape index (κ2) is 3.13. The molecule has 0 saturated heterocycles. The lowest BCUT2D eigenvalue weighted by atomic mass is 10.2. The molecule has 0 aromatic carbocycles. The summed E-state index contributed by atoms with van der Waals surface area (Å²) in [6, 6.07) is 0. The molecule has 0 atom stereocenters. The van der Waals surface area contributed by atoms with Gasteiger partial charge < -0.3 is 9.80 Å². The fourth-order valence-corrected chi connectivity index (χ4v) is 1.62. The van der Waals surface area contributed by atoms with Crippen molar-refractivity contribution < 1.29 is 0 Å². The van der Waals surface area contributed by atoms with E-state index in [1.54, 1.807) is 6.20 Å². The van der Waals surface area contributed by atoms with Crippen LogP contribution in [0.2, 0.25) is 5.28 Å². The zero-order valence-corrected chi connectivity index (χ0v) is 8.91. The minimum Gasteiger partial charge on any atom is -0.352 e. The van der Waals surface area contributed by atoms with Crippen LogP contribution in [0.1, 0.15) is 0 Å². The molecular formula is C9H11ClN4. The summed E-state index contributed by atoms with van der Waals surface area (Å²) < 4.78 is 0. The predicted molar refractivity (Wildman–Crippen MR) is 57.9 cm³/mol. The van der Waals surface area contributed by atoms with Crippen LogP contribution in [0.25, 0.3) is 0 Å². The summed E-state index contributed by atoms with van der Waals surface area (Å²) in [7, 11) is 3.91. The van der Waals surface area contributed by atoms with Crippen molar-refractivity contribution in [3.63, 3.8) is 0 Å². The van der Waals surface area contributed by atoms with Crippen molar-refractivity contribution in [2.75, 3.05) is 30.4 Å². The zero-order chi connectivity index (χ0) is 10.3. The van der Waals surface area contributed by atoms with E-state index in [1.807, 2.05) is 23.9 Å². The average Bonchev–Trinajstić information content (AvgIpc) is 2.14. The van der Waals surface area contributed by atoms with Crippen LogP contribution < -0.4 is 9.80 Å². The summed E-state index contributed by atoms with van der Waals surface area (Å²) in [5.41, 5.74) is 1.96. The van der Waals surface area contributed by atoms with E-state index >= 15 is 0 Å². The number of hydrogen-bond donors (Lipinski definition) is 0. The molecule has 1 aromatic heterocycles. The first kappa shape index (κ1) is 9.27. The lowest BCUT2D eigenvalue weighted by Gasteiger charge is -2.34. The third kappa shape index (κ3) is 1.32. The highest BCUT2D eigenvalue weighted by molar-refractivity contribution is 6.28. The zero-order valence-electron chi connectivity index (χ0n) is 8.16. The van der Waals surface area contributed by atoms with Gasteiger partial charge in [-0.1, -0.05) is 6.58 Å². The van der Waals surface area contributed by atoms with Gasteiger partial charge in [0.15, 0.2) is 5.82 Å². The molecular weight excluding hydrogens is 200 g/mol. The maximum absolute atomic E-state index is 5.74. The van der Waals surface area contributed by atoms with Gasteiger partial charge in [0.25, 0.3) is 0 Å². The molecule has 0 radical (unpaired) electrons. The highest BCUT2D eigenvalue weighted by Gasteiger charge is 2.22. The number of fused-ring (bicyclic) bond motifs is 1. The Kier molecular flexibility index (Phi) is 2.07. The molecule has 0 saturated carbocycles. The Balaban J connectivity index is 2.55. The number of rotatable bonds is 0. The van der Waals surface area contributed by atoms with E-state index in [2.05, 4.69) is 16.5 Å². The average molecular weight is 211 g/mol. The van der Waals surface area contributed by atoms with Crippen LogP contribution in [-0.2, 0) is 0 Å². The van der Waals surface area contributed by atoms with Crippen LogP contribution in [-0.4, -0.2) is 30.6 Å². The third-order valence-electron chi connectivity index (χ3n) is 2.34. The SMILES string of the molecule is C=C1CN(C)c2nc(Cl)ncc2N1C. The van der Waals surface area contributed by atoms with E-state index < -0.39 is 0 Å². The van der Waals surface area contributed by atoms with E-state index in [0.717, 1.165) is 23.7 Å². The number of anilines is 2. The minimum absolute atomic E-state index is 0.275. The Morgan fingerprint density at radius 2 is 2.21 bits per heavy atom. The molecule has 74 valence electrons. The van der Waals surface area contributed by atoms with E-state index in [0.29, 0.717) is 0 Å². The number of nitrogens with zero attached hydrogens (tertiary/aromatic N) is 4. The standard InChI is InChI=1S/C9H11ClN4/c1-6-5-13(2)8-7(14(6)3)4-11-9(10)12-8/h4H,1,5H2,2-3H3. The first-order valence-corrected chi connectivity index (χ1v) is 4.62. The molecule has 1 aromatic rings. The molecule has 2 heterocycles. The summed E-state index contributed by atoms with van der Waals surface area (Å²) in [5, 5.41) is 0.275. The van der Waals surface area contributed by atoms with Crippen molar-refractivity contribution in [3.8, 4) is 0 Å². The monoisotopic (exact) mass is 210 g/mol. The van der Waals surface area contributed by atoms with Gasteiger partial charge in [0.05, 0.1) is 12.7 Å². The lowest BCUT2D eigenvalue weighted by Crippen LogP contribution is -2.35. The fraction of sp³-hybridized carbons (Fsp3) is 0.333. The van der Waals surface area contributed by atoms with Crippen molar-refractivity contribution in [2.45, 2.75) is 0 Å². The number of likely N-dealkylation sites (N-methyl/N-ethyl adjacent to an activating group) is 2. The Bertz CT molecular complexity index is 390. The van der Waals surface area contributed by atoms with Crippen molar-refractivity contribution in [1.82, 2.24) is 9.97 Å². The van der Waals surface area contributed by atoms with E-state index in [-0.39, 0.29) is 5.28 Å². The van der Waals surface area contributed by atoms with Gasteiger partial charge in [-0.2, -0.15) is 4.98 Å². The van der Waals surface area contributed by atoms with Gasteiger partial charge in [-0.25, -0.2) is 4.98 Å². The number of hydrogen-bond acceptors (Lipinski definition) is 4. The van der Waals surface area contributed by atoms with Crippen molar-refractivity contribution >= 4 is 23.1 Å². The van der Waals surface area contributed by atoms with E-state index in [9.17, 15) is 0 Å². The smallest absolute Gasteiger partial charge is 0.224 e. The van der Waals surface area contributed by atoms with Gasteiger partial charge >= 0.3 is 0 Å². The van der Waals surface area contributed by atoms with Crippen LogP contribution in [0.15, 0.2) is 18.5 Å². The molecule has 0 spiro atoms. The van der Waals surface area contributed by atoms with Gasteiger partial charge in [-0.05, 0) is 11.6 Å². The van der Waals surface area contributed by atoms with Crippen LogP contribution in [0, 0.1) is 0 Å². The molecule has 5 heteroatoms. The van der Waals surface area contributed by atoms with Crippen LogP contribution >= 0.6 is 11.6 Å². The first-order chi connectivity index (χ1) is 6.59. The van der Waals surface area contributed by atoms with E-state index in [4.69, 9.17) is 11.6 Å². The Morgan fingerprint density at radius 3 is 2.93 bits per heavy atom. The van der Waals surface area contributed by atoms with Crippen LogP contribution in [0.4, 0.5) is 11.5 Å². The summed E-state index contributed by atoms with van der Waals surface area (Å²) in [6.07, 6.45) is 1.71. The van der Waals surface area contributed by atoms with Crippen molar-refractivity contribution in [2.24, 2.45) is 0 Å². The first-order valence-electron chi connectivity index (χ1n) is 4.25. The van der Waals surface area contributed by atoms with Gasteiger partial charge in [0.2, 0.25) is 5.28 Å². The van der Waals surface area contributed by atoms with Gasteiger partial charge in [0.1, 0.15) is 5.69 Å². The van der Waals surface area contributed by atoms with Crippen molar-refractivity contribution in [1.29, 1.82) is 0 Å². The highest BCUT2D eigenvalue weighted by Crippen LogP contribution is 2.32. The van der Waals surface area contributed by atoms with E-state index in [1.165, 1.54) is 0 Å². The summed E-state index contributed by atoms with van der Waals surface area (Å²) in [4.78, 5) is 12.1. The maximum Gasteiger partial charge on any atom is 0.224 e. The third-order valence-corrected chi connectivity index (χ3v) is 2.52. The van der Waals surface area contributed by atoms with Crippen LogP contribution in [0.5, 0.6) is 0 Å². The molecule has 4 nitrogen and oxygen atoms in total. The number of halogens is 1. The molecule has 14 heavy (non-hydrogen) atoms. The van der Waals surface area contributed by atoms with Crippen molar-refractivity contribution in [3.05, 3.63) is 23.8 Å². The molecule has 0 bridgehead atoms.